The molecule has 6 heterocycles. The smallest absolute Gasteiger partial charge is 0.333 e. The number of hydrogen-bond acceptors (Lipinski definition) is 8. The van der Waals surface area contributed by atoms with E-state index in [2.05, 4.69) is 24.5 Å². The Morgan fingerprint density at radius 2 is 1.06 bits per heavy atom. The van der Waals surface area contributed by atoms with Crippen molar-refractivity contribution in [1.82, 2.24) is 20.4 Å². The number of rotatable bonds is 2. The molecule has 10 heteroatoms. The number of piperidine rings is 2. The van der Waals surface area contributed by atoms with Gasteiger partial charge in [-0.15, -0.1) is 0 Å². The summed E-state index contributed by atoms with van der Waals surface area (Å²) in [6.07, 6.45) is 8.27. The number of nitrogens with one attached hydrogen (secondary N) is 2. The molecule has 2 amide bonds. The Hall–Kier alpha value is -2.72. The number of nitrogens with zero attached hydrogens (tertiary/aromatic N) is 2. The molecule has 6 aliphatic heterocycles. The predicted molar refractivity (Wildman–Crippen MR) is 129 cm³/mol. The topological polar surface area (TPSA) is 117 Å². The monoisotopic (exact) mass is 500 g/mol. The number of amides is 2. The summed E-state index contributed by atoms with van der Waals surface area (Å²) >= 11 is 0. The summed E-state index contributed by atoms with van der Waals surface area (Å²) in [5.74, 6) is -0.311. The van der Waals surface area contributed by atoms with Crippen molar-refractivity contribution in [3.8, 4) is 0 Å². The first-order valence-electron chi connectivity index (χ1n) is 13.1. The summed E-state index contributed by atoms with van der Waals surface area (Å²) in [6.45, 7) is 8.20. The van der Waals surface area contributed by atoms with Gasteiger partial charge in [-0.1, -0.05) is 0 Å². The fourth-order valence-electron chi connectivity index (χ4n) is 6.88. The lowest BCUT2D eigenvalue weighted by molar-refractivity contribution is -0.138. The van der Waals surface area contributed by atoms with Crippen LogP contribution in [0.25, 0.3) is 0 Å². The molecular formula is C26H36N4O6. The van der Waals surface area contributed by atoms with Gasteiger partial charge in [-0.3, -0.25) is 9.59 Å². The maximum Gasteiger partial charge on any atom is 0.333 e. The van der Waals surface area contributed by atoms with E-state index in [9.17, 15) is 19.2 Å². The van der Waals surface area contributed by atoms with Crippen LogP contribution in [0.15, 0.2) is 23.5 Å². The number of likely N-dealkylation sites (tertiary alicyclic amines) is 2. The van der Waals surface area contributed by atoms with E-state index in [1.165, 1.54) is 12.2 Å². The molecule has 2 atom stereocenters. The van der Waals surface area contributed by atoms with Gasteiger partial charge in [-0.25, -0.2) is 9.59 Å². The Morgan fingerprint density at radius 1 is 0.694 bits per heavy atom. The zero-order valence-corrected chi connectivity index (χ0v) is 21.1. The standard InChI is InChI=1S/2C13H18N2O3/c2*1-9-7-13(2-4-14-5-3-13)12(17)15(9)10-6-11(16)18-8-10/h2*6,9,14H,2-5,7-8H2,1H3/t2*9-/m11/s1. The van der Waals surface area contributed by atoms with E-state index in [1.807, 2.05) is 0 Å². The van der Waals surface area contributed by atoms with Gasteiger partial charge in [0.15, 0.2) is 0 Å². The van der Waals surface area contributed by atoms with Crippen molar-refractivity contribution in [2.75, 3.05) is 39.4 Å². The van der Waals surface area contributed by atoms with E-state index in [-0.39, 0.29) is 59.9 Å². The van der Waals surface area contributed by atoms with Crippen molar-refractivity contribution in [1.29, 1.82) is 0 Å². The van der Waals surface area contributed by atoms with Crippen LogP contribution in [0.4, 0.5) is 0 Å². The first-order chi connectivity index (χ1) is 17.2. The minimum Gasteiger partial charge on any atom is -0.456 e. The van der Waals surface area contributed by atoms with Crippen molar-refractivity contribution < 1.29 is 28.7 Å². The molecule has 0 aromatic heterocycles. The Bertz CT molecular complexity index is 928. The first-order valence-corrected chi connectivity index (χ1v) is 13.1. The minimum atomic E-state index is -0.337. The van der Waals surface area contributed by atoms with Crippen molar-refractivity contribution in [3.63, 3.8) is 0 Å². The molecule has 10 nitrogen and oxygen atoms in total. The number of carbonyl (C=O) groups is 4. The van der Waals surface area contributed by atoms with Crippen LogP contribution >= 0.6 is 0 Å². The van der Waals surface area contributed by atoms with Gasteiger partial charge in [0.2, 0.25) is 11.8 Å². The Morgan fingerprint density at radius 3 is 1.36 bits per heavy atom. The van der Waals surface area contributed by atoms with Gasteiger partial charge < -0.3 is 29.9 Å². The van der Waals surface area contributed by atoms with Crippen LogP contribution in [0.5, 0.6) is 0 Å². The Labute approximate surface area is 211 Å². The molecule has 196 valence electrons. The van der Waals surface area contributed by atoms with E-state index >= 15 is 0 Å². The number of esters is 2. The van der Waals surface area contributed by atoms with Gasteiger partial charge in [-0.2, -0.15) is 0 Å². The van der Waals surface area contributed by atoms with Crippen LogP contribution in [0.3, 0.4) is 0 Å². The lowest BCUT2D eigenvalue weighted by atomic mass is 9.76. The highest BCUT2D eigenvalue weighted by Gasteiger charge is 2.52. The fraction of sp³-hybridized carbons (Fsp3) is 0.692. The molecule has 2 N–H and O–H groups in total. The molecule has 6 aliphatic rings. The van der Waals surface area contributed by atoms with Gasteiger partial charge >= 0.3 is 11.9 Å². The molecule has 2 spiro atoms. The highest BCUT2D eigenvalue weighted by atomic mass is 16.5. The second-order valence-corrected chi connectivity index (χ2v) is 11.0. The normalized spacial score (nSPS) is 30.8. The quantitative estimate of drug-likeness (QED) is 0.536. The number of cyclic esters (lactones) is 2. The highest BCUT2D eigenvalue weighted by molar-refractivity contribution is 5.92. The molecule has 0 radical (unpaired) electrons. The van der Waals surface area contributed by atoms with E-state index in [1.54, 1.807) is 9.80 Å². The van der Waals surface area contributed by atoms with Crippen molar-refractivity contribution in [2.45, 2.75) is 64.5 Å². The molecule has 36 heavy (non-hydrogen) atoms. The maximum absolute atomic E-state index is 12.7. The van der Waals surface area contributed by atoms with Gasteiger partial charge in [0.25, 0.3) is 0 Å². The number of carbonyl (C=O) groups excluding carboxylic acids is 4. The largest absolute Gasteiger partial charge is 0.456 e. The summed E-state index contributed by atoms with van der Waals surface area (Å²) < 4.78 is 9.83. The van der Waals surface area contributed by atoms with E-state index in [4.69, 9.17) is 9.47 Å². The zero-order valence-electron chi connectivity index (χ0n) is 21.1. The summed E-state index contributed by atoms with van der Waals surface area (Å²) in [4.78, 5) is 51.2. The zero-order chi connectivity index (χ0) is 25.5. The number of ether oxygens (including phenoxy) is 2. The second kappa shape index (κ2) is 9.63. The summed E-state index contributed by atoms with van der Waals surface area (Å²) in [7, 11) is 0. The average molecular weight is 501 g/mol. The van der Waals surface area contributed by atoms with Gasteiger partial charge in [0.1, 0.15) is 13.2 Å². The molecule has 4 fully saturated rings. The Balaban J connectivity index is 0.000000148. The molecule has 0 saturated carbocycles. The van der Waals surface area contributed by atoms with Crippen molar-refractivity contribution in [2.24, 2.45) is 10.8 Å². The third-order valence-corrected chi connectivity index (χ3v) is 8.63. The minimum absolute atomic E-state index is 0.163. The van der Waals surface area contributed by atoms with Crippen molar-refractivity contribution >= 4 is 23.8 Å². The molecule has 0 aromatic carbocycles. The summed E-state index contributed by atoms with van der Waals surface area (Å²) in [5, 5.41) is 6.60. The van der Waals surface area contributed by atoms with E-state index in [0.29, 0.717) is 0 Å². The van der Waals surface area contributed by atoms with Crippen LogP contribution < -0.4 is 10.6 Å². The Kier molecular flexibility index (Phi) is 6.67. The average Bonchev–Trinajstić information content (AvgIpc) is 3.58. The molecule has 4 saturated heterocycles. The SMILES string of the molecule is C[C@@H]1CC2(CCNCC2)C(=O)N1C1=CC(=O)OC1.C[C@@H]1CC2(CCNCC2)C(=O)N1C1=CC(=O)OC1. The third kappa shape index (κ3) is 4.34. The van der Waals surface area contributed by atoms with Crippen molar-refractivity contribution in [3.05, 3.63) is 23.5 Å². The van der Waals surface area contributed by atoms with Crippen LogP contribution in [0.1, 0.15) is 52.4 Å². The lowest BCUT2D eigenvalue weighted by Gasteiger charge is -2.32. The fourth-order valence-corrected chi connectivity index (χ4v) is 6.88. The van der Waals surface area contributed by atoms with Crippen LogP contribution in [0, 0.1) is 10.8 Å². The predicted octanol–water partition coefficient (Wildman–Crippen LogP) is 0.835. The first kappa shape index (κ1) is 25.0. The molecule has 0 aliphatic carbocycles. The van der Waals surface area contributed by atoms with Crippen LogP contribution in [0.2, 0.25) is 0 Å². The second-order valence-electron chi connectivity index (χ2n) is 11.0. The lowest BCUT2D eigenvalue weighted by Crippen LogP contribution is -2.42. The van der Waals surface area contributed by atoms with Gasteiger partial charge in [-0.05, 0) is 78.6 Å². The molecular weight excluding hydrogens is 464 g/mol. The van der Waals surface area contributed by atoms with E-state index < -0.39 is 0 Å². The highest BCUT2D eigenvalue weighted by Crippen LogP contribution is 2.46. The maximum atomic E-state index is 12.7. The van der Waals surface area contributed by atoms with Crippen LogP contribution in [-0.2, 0) is 28.7 Å². The van der Waals surface area contributed by atoms with Gasteiger partial charge in [0.05, 0.1) is 22.2 Å². The summed E-state index contributed by atoms with van der Waals surface area (Å²) in [6, 6.07) is 0.327. The molecule has 0 unspecified atom stereocenters. The van der Waals surface area contributed by atoms with Gasteiger partial charge in [0, 0.05) is 24.2 Å². The molecule has 0 aromatic rings. The molecule has 6 rings (SSSR count). The van der Waals surface area contributed by atoms with Crippen LogP contribution in [-0.4, -0.2) is 85.0 Å². The van der Waals surface area contributed by atoms with E-state index in [0.717, 1.165) is 76.1 Å². The summed E-state index contributed by atoms with van der Waals surface area (Å²) in [5.41, 5.74) is 1.04. The third-order valence-electron chi connectivity index (χ3n) is 8.63. The molecule has 0 bridgehead atoms. The number of hydrogen-bond donors (Lipinski definition) is 2.